The van der Waals surface area contributed by atoms with Crippen LogP contribution < -0.4 is 22.1 Å². The SMILES string of the molecule is Cc1ccc(C(=O)NC2CN3C(N)=NC(CN4C(=O)CCC4=O)[C@@H]4N=C(N)N[C@@]43C2(O)O)cc1. The molecule has 1 aromatic rings. The molecule has 13 nitrogen and oxygen atoms in total. The van der Waals surface area contributed by atoms with E-state index >= 15 is 0 Å². The first-order chi connectivity index (χ1) is 16.0. The number of rotatable bonds is 4. The molecule has 2 unspecified atom stereocenters. The van der Waals surface area contributed by atoms with Gasteiger partial charge in [0.25, 0.3) is 5.91 Å². The molecule has 4 aliphatic heterocycles. The van der Waals surface area contributed by atoms with Gasteiger partial charge >= 0.3 is 0 Å². The molecule has 0 bridgehead atoms. The second-order valence-corrected chi connectivity index (χ2v) is 9.03. The highest BCUT2D eigenvalue weighted by atomic mass is 16.5. The first-order valence-electron chi connectivity index (χ1n) is 10.9. The summed E-state index contributed by atoms with van der Waals surface area (Å²) in [7, 11) is 0. The predicted molar refractivity (Wildman–Crippen MR) is 119 cm³/mol. The highest BCUT2D eigenvalue weighted by Gasteiger charge is 2.73. The summed E-state index contributed by atoms with van der Waals surface area (Å²) >= 11 is 0. The van der Waals surface area contributed by atoms with Crippen molar-refractivity contribution in [1.29, 1.82) is 0 Å². The van der Waals surface area contributed by atoms with Gasteiger partial charge in [0, 0.05) is 24.9 Å². The van der Waals surface area contributed by atoms with Gasteiger partial charge in [-0.25, -0.2) is 9.98 Å². The summed E-state index contributed by atoms with van der Waals surface area (Å²) in [6.07, 6.45) is 0.209. The van der Waals surface area contributed by atoms with Gasteiger partial charge in [0.2, 0.25) is 17.6 Å². The Morgan fingerprint density at radius 1 is 1.18 bits per heavy atom. The van der Waals surface area contributed by atoms with E-state index < -0.39 is 35.5 Å². The predicted octanol–water partition coefficient (Wildman–Crippen LogP) is -3.08. The van der Waals surface area contributed by atoms with Crippen LogP contribution in [0.1, 0.15) is 28.8 Å². The lowest BCUT2D eigenvalue weighted by Crippen LogP contribution is -2.78. The molecule has 2 saturated heterocycles. The summed E-state index contributed by atoms with van der Waals surface area (Å²) < 4.78 is 0. The highest BCUT2D eigenvalue weighted by molar-refractivity contribution is 6.02. The molecule has 3 amide bonds. The molecule has 2 fully saturated rings. The van der Waals surface area contributed by atoms with E-state index in [1.165, 1.54) is 4.90 Å². The summed E-state index contributed by atoms with van der Waals surface area (Å²) in [6, 6.07) is 3.74. The van der Waals surface area contributed by atoms with E-state index in [4.69, 9.17) is 11.5 Å². The van der Waals surface area contributed by atoms with Crippen molar-refractivity contribution in [2.75, 3.05) is 13.1 Å². The summed E-state index contributed by atoms with van der Waals surface area (Å²) in [4.78, 5) is 48.4. The highest BCUT2D eigenvalue weighted by Crippen LogP contribution is 2.45. The van der Waals surface area contributed by atoms with Crippen molar-refractivity contribution in [3.63, 3.8) is 0 Å². The summed E-state index contributed by atoms with van der Waals surface area (Å²) in [6.45, 7) is 1.66. The molecule has 0 aliphatic carbocycles. The quantitative estimate of drug-likeness (QED) is 0.195. The fourth-order valence-electron chi connectivity index (χ4n) is 5.20. The number of nitrogens with one attached hydrogen (secondary N) is 2. The maximum absolute atomic E-state index is 12.8. The van der Waals surface area contributed by atoms with Crippen molar-refractivity contribution in [2.45, 2.75) is 49.3 Å². The molecule has 180 valence electrons. The number of hydrogen-bond donors (Lipinski definition) is 6. The average molecular weight is 470 g/mol. The molecule has 4 aliphatic rings. The van der Waals surface area contributed by atoms with Gasteiger partial charge in [-0.2, -0.15) is 0 Å². The molecule has 1 spiro atoms. The van der Waals surface area contributed by atoms with E-state index in [1.807, 2.05) is 6.92 Å². The van der Waals surface area contributed by atoms with Crippen LogP contribution in [-0.4, -0.2) is 92.3 Å². The van der Waals surface area contributed by atoms with Crippen LogP contribution in [0.3, 0.4) is 0 Å². The Morgan fingerprint density at radius 2 is 1.82 bits per heavy atom. The number of hydrogen-bond acceptors (Lipinski definition) is 11. The Kier molecular flexibility index (Phi) is 4.81. The van der Waals surface area contributed by atoms with Crippen LogP contribution in [0, 0.1) is 6.92 Å². The van der Waals surface area contributed by atoms with E-state index in [-0.39, 0.29) is 49.7 Å². The third-order valence-electron chi connectivity index (χ3n) is 6.95. The van der Waals surface area contributed by atoms with Gasteiger partial charge in [0.05, 0.1) is 12.6 Å². The van der Waals surface area contributed by atoms with E-state index in [0.29, 0.717) is 5.56 Å². The van der Waals surface area contributed by atoms with Gasteiger partial charge in [-0.3, -0.25) is 19.3 Å². The average Bonchev–Trinajstić information content (AvgIpc) is 3.37. The fraction of sp³-hybridized carbons (Fsp3) is 0.476. The normalized spacial score (nSPS) is 31.6. The molecule has 0 aromatic heterocycles. The van der Waals surface area contributed by atoms with Gasteiger partial charge < -0.3 is 37.2 Å². The van der Waals surface area contributed by atoms with Gasteiger partial charge in [-0.1, -0.05) is 17.7 Å². The van der Waals surface area contributed by atoms with Crippen LogP contribution >= 0.6 is 0 Å². The topological polar surface area (TPSA) is 199 Å². The number of aryl methyl sites for hydroxylation is 1. The Bertz CT molecular complexity index is 1120. The molecule has 8 N–H and O–H groups in total. The Labute approximate surface area is 194 Å². The lowest BCUT2D eigenvalue weighted by Gasteiger charge is -2.49. The molecule has 5 rings (SSSR count). The van der Waals surface area contributed by atoms with Gasteiger partial charge in [-0.15, -0.1) is 0 Å². The minimum Gasteiger partial charge on any atom is -0.370 e. The standard InChI is InChI=1S/C21H26N8O5/c1-10-2-4-11(5-3-10)17(32)25-13-9-29-19(23)24-12(8-28-14(30)6-7-15(28)31)16-20(29,21(13,33)34)27-18(22)26-16/h2-5,12-13,16,33-34H,6-9H2,1H3,(H2,23,24)(H,25,32)(H3,22,26,27)/t12?,13?,16-,20-/m0/s1. The number of amides is 3. The van der Waals surface area contributed by atoms with E-state index in [1.54, 1.807) is 24.3 Å². The zero-order valence-electron chi connectivity index (χ0n) is 18.4. The van der Waals surface area contributed by atoms with Crippen molar-refractivity contribution >= 4 is 29.6 Å². The number of benzene rings is 1. The lowest BCUT2D eigenvalue weighted by molar-refractivity contribution is -0.230. The molecule has 1 aromatic carbocycles. The van der Waals surface area contributed by atoms with Crippen molar-refractivity contribution in [3.05, 3.63) is 35.4 Å². The molecule has 13 heteroatoms. The number of aliphatic imine (C=N–C) groups is 2. The van der Waals surface area contributed by atoms with Crippen LogP contribution in [0.4, 0.5) is 0 Å². The molecular formula is C21H26N8O5. The van der Waals surface area contributed by atoms with Gasteiger partial charge in [0.15, 0.2) is 17.6 Å². The van der Waals surface area contributed by atoms with Crippen molar-refractivity contribution in [1.82, 2.24) is 20.4 Å². The van der Waals surface area contributed by atoms with E-state index in [0.717, 1.165) is 10.5 Å². The molecule has 4 atom stereocenters. The van der Waals surface area contributed by atoms with Crippen molar-refractivity contribution < 1.29 is 24.6 Å². The number of nitrogens with two attached hydrogens (primary N) is 2. The summed E-state index contributed by atoms with van der Waals surface area (Å²) in [5.41, 5.74) is 11.7. The molecule has 0 saturated carbocycles. The third kappa shape index (κ3) is 3.04. The molecular weight excluding hydrogens is 444 g/mol. The zero-order chi connectivity index (χ0) is 24.4. The first kappa shape index (κ1) is 22.1. The number of guanidine groups is 2. The number of imide groups is 1. The minimum absolute atomic E-state index is 0.0581. The Morgan fingerprint density at radius 3 is 2.47 bits per heavy atom. The third-order valence-corrected chi connectivity index (χ3v) is 6.95. The van der Waals surface area contributed by atoms with Crippen LogP contribution in [0.2, 0.25) is 0 Å². The number of likely N-dealkylation sites (tertiary alicyclic amines) is 1. The summed E-state index contributed by atoms with van der Waals surface area (Å²) in [5.74, 6) is -3.92. The van der Waals surface area contributed by atoms with Crippen LogP contribution in [0.25, 0.3) is 0 Å². The second-order valence-electron chi connectivity index (χ2n) is 9.03. The van der Waals surface area contributed by atoms with Crippen LogP contribution in [-0.2, 0) is 9.59 Å². The zero-order valence-corrected chi connectivity index (χ0v) is 18.4. The van der Waals surface area contributed by atoms with Gasteiger partial charge in [-0.05, 0) is 19.1 Å². The maximum Gasteiger partial charge on any atom is 0.251 e. The number of carbonyl (C=O) groups is 3. The van der Waals surface area contributed by atoms with Gasteiger partial charge in [0.1, 0.15) is 12.1 Å². The lowest BCUT2D eigenvalue weighted by atomic mass is 9.84. The van der Waals surface area contributed by atoms with Crippen molar-refractivity contribution in [2.24, 2.45) is 21.5 Å². The molecule has 0 radical (unpaired) electrons. The van der Waals surface area contributed by atoms with E-state index in [2.05, 4.69) is 20.6 Å². The van der Waals surface area contributed by atoms with Crippen LogP contribution in [0.5, 0.6) is 0 Å². The number of nitrogens with zero attached hydrogens (tertiary/aromatic N) is 4. The first-order valence-corrected chi connectivity index (χ1v) is 10.9. The fourth-order valence-corrected chi connectivity index (χ4v) is 5.20. The Balaban J connectivity index is 1.46. The smallest absolute Gasteiger partial charge is 0.251 e. The maximum atomic E-state index is 12.8. The molecule has 34 heavy (non-hydrogen) atoms. The number of aliphatic hydroxyl groups is 2. The second kappa shape index (κ2) is 7.40. The minimum atomic E-state index is -2.60. The van der Waals surface area contributed by atoms with Crippen molar-refractivity contribution in [3.8, 4) is 0 Å². The molecule has 4 heterocycles. The Hall–Kier alpha value is -3.71. The van der Waals surface area contributed by atoms with E-state index in [9.17, 15) is 24.6 Å². The van der Waals surface area contributed by atoms with Crippen LogP contribution in [0.15, 0.2) is 34.3 Å². The number of carbonyl (C=O) groups excluding carboxylic acids is 3. The summed E-state index contributed by atoms with van der Waals surface area (Å²) in [5, 5.41) is 28.3. The monoisotopic (exact) mass is 470 g/mol. The largest absolute Gasteiger partial charge is 0.370 e.